The van der Waals surface area contributed by atoms with Crippen LogP contribution in [0, 0.1) is 0 Å². The van der Waals surface area contributed by atoms with Gasteiger partial charge in [0.1, 0.15) is 11.2 Å². The van der Waals surface area contributed by atoms with Crippen LogP contribution in [0.2, 0.25) is 0 Å². The number of rotatable bonds is 1. The Morgan fingerprint density at radius 1 is 0.500 bits per heavy atom. The maximum Gasteiger partial charge on any atom is 0.333 e. The summed E-state index contributed by atoms with van der Waals surface area (Å²) in [5.41, 5.74) is 23.9. The molecule has 16 rings (SSSR count). The molecule has 0 bridgehead atoms. The van der Waals surface area contributed by atoms with Crippen LogP contribution in [-0.2, 0) is 16.2 Å². The summed E-state index contributed by atoms with van der Waals surface area (Å²) in [6.45, 7) is 9.66. The molecule has 0 fully saturated rings. The predicted molar refractivity (Wildman–Crippen MR) is 286 cm³/mol. The van der Waals surface area contributed by atoms with Crippen molar-refractivity contribution in [1.82, 2.24) is 0 Å². The molecule has 0 unspecified atom stereocenters. The molecule has 322 valence electrons. The van der Waals surface area contributed by atoms with Gasteiger partial charge in [-0.3, -0.25) is 0 Å². The Kier molecular flexibility index (Phi) is 6.99. The Hall–Kier alpha value is -7.34. The maximum absolute atomic E-state index is 6.79. The number of nitrogens with zero attached hydrogens (tertiary/aromatic N) is 2. The largest absolute Gasteiger partial charge is 0.456 e. The van der Waals surface area contributed by atoms with Crippen molar-refractivity contribution in [2.45, 2.75) is 56.8 Å². The monoisotopic (exact) mass is 888 g/mol. The molecular formula is C63H45BN2OS. The van der Waals surface area contributed by atoms with Gasteiger partial charge in [-0.05, 0) is 133 Å². The third-order valence-corrected chi connectivity index (χ3v) is 18.3. The number of anilines is 5. The minimum absolute atomic E-state index is 0.0329. The fourth-order valence-electron chi connectivity index (χ4n) is 14.1. The lowest BCUT2D eigenvalue weighted by Crippen LogP contribution is -2.62. The quantitative estimate of drug-likeness (QED) is 0.153. The third kappa shape index (κ3) is 4.40. The lowest BCUT2D eigenvalue weighted by molar-refractivity contribution is 0.332. The second-order valence-corrected chi connectivity index (χ2v) is 22.4. The van der Waals surface area contributed by atoms with Gasteiger partial charge in [-0.1, -0.05) is 155 Å². The van der Waals surface area contributed by atoms with Crippen LogP contribution in [0.3, 0.4) is 0 Å². The second kappa shape index (κ2) is 12.6. The predicted octanol–water partition coefficient (Wildman–Crippen LogP) is 15.7. The van der Waals surface area contributed by atoms with Crippen LogP contribution >= 0.6 is 11.3 Å². The second-order valence-electron chi connectivity index (χ2n) is 21.3. The molecule has 0 radical (unpaired) electrons. The third-order valence-electron chi connectivity index (χ3n) is 17.1. The minimum Gasteiger partial charge on any atom is -0.456 e. The van der Waals surface area contributed by atoms with E-state index in [4.69, 9.17) is 4.42 Å². The molecular weight excluding hydrogens is 844 g/mol. The number of furan rings is 1. The van der Waals surface area contributed by atoms with Gasteiger partial charge in [-0.2, -0.15) is 0 Å². The molecule has 3 aliphatic heterocycles. The van der Waals surface area contributed by atoms with E-state index in [-0.39, 0.29) is 17.7 Å². The first-order chi connectivity index (χ1) is 33.2. The molecule has 5 heterocycles. The van der Waals surface area contributed by atoms with Crippen molar-refractivity contribution in [3.8, 4) is 22.3 Å². The lowest BCUT2D eigenvalue weighted by atomic mass is 9.42. The Morgan fingerprint density at radius 2 is 1.18 bits per heavy atom. The minimum atomic E-state index is -0.527. The van der Waals surface area contributed by atoms with Crippen LogP contribution in [0.4, 0.5) is 28.4 Å². The number of para-hydroxylation sites is 3. The van der Waals surface area contributed by atoms with Crippen molar-refractivity contribution in [3.63, 3.8) is 0 Å². The van der Waals surface area contributed by atoms with E-state index >= 15 is 0 Å². The van der Waals surface area contributed by atoms with Crippen molar-refractivity contribution in [1.29, 1.82) is 0 Å². The molecule has 0 atom stereocenters. The van der Waals surface area contributed by atoms with Gasteiger partial charge in [0.05, 0.1) is 21.5 Å². The van der Waals surface area contributed by atoms with E-state index in [1.54, 1.807) is 0 Å². The number of benzene rings is 9. The zero-order valence-electron chi connectivity index (χ0n) is 38.4. The van der Waals surface area contributed by atoms with E-state index < -0.39 is 5.41 Å². The van der Waals surface area contributed by atoms with Crippen LogP contribution in [0.5, 0.6) is 0 Å². The summed E-state index contributed by atoms with van der Waals surface area (Å²) in [4.78, 5) is 5.47. The molecule has 5 heteroatoms. The summed E-state index contributed by atoms with van der Waals surface area (Å²) in [6.07, 6.45) is 2.33. The highest BCUT2D eigenvalue weighted by atomic mass is 32.1. The SMILES string of the molecule is CC1(C)CCC(C)(C)c2cc(N3B4c5cccc6c5N(c5ccccc5C65c6ccccc6-c6ccccc65)c5c4c(cc4c5sc5ccccc54)-c4c3ccc3oc5ccccc5c43)ccc21. The standard InChI is InChI=1S/C63H45BN2OS/c1-61(2)32-33-62(3,4)48-34-36(28-29-45(48)61)66-51-30-31-53-56(40-19-7-13-26-52(40)67-53)55(51)42-35-41-39-18-8-14-27-54(39)68-60(41)59-57(42)64(66)49-24-15-23-47-58(49)65(59)50-25-12-11-22-46(50)63(47)43-20-9-5-16-37(43)38-17-6-10-21-44(38)63/h5-31,34-35H,32-33H2,1-4H3. The molecule has 2 aliphatic carbocycles. The first kappa shape index (κ1) is 37.7. The van der Waals surface area contributed by atoms with Gasteiger partial charge in [0.2, 0.25) is 0 Å². The van der Waals surface area contributed by atoms with Crippen LogP contribution in [-0.4, -0.2) is 6.85 Å². The Balaban J connectivity index is 1.11. The summed E-state index contributed by atoms with van der Waals surface area (Å²) in [7, 11) is 0. The zero-order valence-corrected chi connectivity index (χ0v) is 39.3. The average molecular weight is 889 g/mol. The number of hydrogen-bond donors (Lipinski definition) is 0. The average Bonchev–Trinajstić information content (AvgIpc) is 4.03. The Bertz CT molecular complexity index is 4050. The van der Waals surface area contributed by atoms with Gasteiger partial charge in [-0.15, -0.1) is 11.3 Å². The summed E-state index contributed by atoms with van der Waals surface area (Å²) < 4.78 is 9.43. The van der Waals surface area contributed by atoms with Gasteiger partial charge < -0.3 is 14.1 Å². The first-order valence-corrected chi connectivity index (χ1v) is 25.2. The van der Waals surface area contributed by atoms with E-state index in [2.05, 4.69) is 213 Å². The smallest absolute Gasteiger partial charge is 0.333 e. The summed E-state index contributed by atoms with van der Waals surface area (Å²) in [5, 5.41) is 4.93. The van der Waals surface area contributed by atoms with Crippen molar-refractivity contribution in [2.75, 3.05) is 9.71 Å². The van der Waals surface area contributed by atoms with Crippen LogP contribution in [0.1, 0.15) is 73.9 Å². The van der Waals surface area contributed by atoms with Crippen molar-refractivity contribution in [2.24, 2.45) is 0 Å². The molecule has 0 amide bonds. The Labute approximate surface area is 400 Å². The highest BCUT2D eigenvalue weighted by Gasteiger charge is 2.56. The molecule has 0 N–H and O–H groups in total. The highest BCUT2D eigenvalue weighted by Crippen LogP contribution is 2.65. The number of hydrogen-bond acceptors (Lipinski definition) is 4. The van der Waals surface area contributed by atoms with Crippen molar-refractivity contribution in [3.05, 3.63) is 209 Å². The van der Waals surface area contributed by atoms with E-state index in [0.717, 1.165) is 23.0 Å². The van der Waals surface area contributed by atoms with Crippen LogP contribution in [0.15, 0.2) is 180 Å². The fourth-order valence-corrected chi connectivity index (χ4v) is 15.3. The van der Waals surface area contributed by atoms with Gasteiger partial charge in [0, 0.05) is 48.9 Å². The van der Waals surface area contributed by atoms with Gasteiger partial charge in [0.15, 0.2) is 0 Å². The first-order valence-electron chi connectivity index (χ1n) is 24.3. The molecule has 3 nitrogen and oxygen atoms in total. The molecule has 2 aromatic heterocycles. The lowest BCUT2D eigenvalue weighted by Gasteiger charge is -2.51. The van der Waals surface area contributed by atoms with Crippen molar-refractivity contribution >= 4 is 99.7 Å². The molecule has 1 spiro atoms. The van der Waals surface area contributed by atoms with Gasteiger partial charge in [-0.25, -0.2) is 0 Å². The van der Waals surface area contributed by atoms with E-state index in [1.165, 1.54) is 127 Å². The van der Waals surface area contributed by atoms with E-state index in [9.17, 15) is 0 Å². The van der Waals surface area contributed by atoms with Gasteiger partial charge in [0.25, 0.3) is 0 Å². The van der Waals surface area contributed by atoms with E-state index in [1.807, 2.05) is 11.3 Å². The maximum atomic E-state index is 6.79. The Morgan fingerprint density at radius 3 is 1.99 bits per heavy atom. The molecule has 11 aromatic rings. The normalized spacial score (nSPS) is 17.0. The van der Waals surface area contributed by atoms with Gasteiger partial charge >= 0.3 is 6.85 Å². The fraction of sp³-hybridized carbons (Fsp3) is 0.143. The summed E-state index contributed by atoms with van der Waals surface area (Å²) in [5.74, 6) is 0. The molecule has 9 aromatic carbocycles. The molecule has 68 heavy (non-hydrogen) atoms. The number of thiophene rings is 1. The summed E-state index contributed by atoms with van der Waals surface area (Å²) >= 11 is 1.95. The summed E-state index contributed by atoms with van der Waals surface area (Å²) in [6, 6.07) is 67.4. The molecule has 0 saturated heterocycles. The zero-order chi connectivity index (χ0) is 45.0. The number of fused-ring (bicyclic) bond motifs is 22. The topological polar surface area (TPSA) is 19.6 Å². The van der Waals surface area contributed by atoms with Crippen molar-refractivity contribution < 1.29 is 4.42 Å². The van der Waals surface area contributed by atoms with E-state index in [0.29, 0.717) is 0 Å². The van der Waals surface area contributed by atoms with Crippen LogP contribution in [0.25, 0.3) is 64.4 Å². The highest BCUT2D eigenvalue weighted by molar-refractivity contribution is 7.26. The molecule has 0 saturated carbocycles. The molecule has 5 aliphatic rings. The van der Waals surface area contributed by atoms with Crippen LogP contribution < -0.4 is 20.6 Å².